The summed E-state index contributed by atoms with van der Waals surface area (Å²) in [4.78, 5) is 21.2. The zero-order valence-electron chi connectivity index (χ0n) is 6.55. The Morgan fingerprint density at radius 1 is 1.07 bits per heavy atom. The van der Waals surface area contributed by atoms with E-state index >= 15 is 0 Å². The minimum absolute atomic E-state index is 0.139. The highest BCUT2D eigenvalue weighted by Gasteiger charge is 2.17. The van der Waals surface area contributed by atoms with Crippen molar-refractivity contribution in [2.24, 2.45) is 5.73 Å². The quantitative estimate of drug-likeness (QED) is 0.475. The van der Waals surface area contributed by atoms with Crippen LogP contribution in [0.3, 0.4) is 0 Å². The summed E-state index contributed by atoms with van der Waals surface area (Å²) in [5.74, 6) is -3.37. The molecule has 76 valence electrons. The number of hydrogen-bond donors (Lipinski definition) is 4. The number of nitrogens with two attached hydrogens (primary N) is 1. The lowest BCUT2D eigenvalue weighted by molar-refractivity contribution is -0.131. The van der Waals surface area contributed by atoms with Gasteiger partial charge in [0.25, 0.3) is 5.91 Å². The van der Waals surface area contributed by atoms with E-state index in [-0.39, 0.29) is 7.69 Å². The van der Waals surface area contributed by atoms with Crippen LogP contribution in [0.5, 0.6) is 0 Å². The van der Waals surface area contributed by atoms with E-state index in [1.54, 1.807) is 0 Å². The first-order valence-electron chi connectivity index (χ1n) is 3.18. The Bertz CT molecular complexity index is 458. The van der Waals surface area contributed by atoms with Crippen LogP contribution in [0.15, 0.2) is 0 Å². The Labute approximate surface area is 84.8 Å². The van der Waals surface area contributed by atoms with Gasteiger partial charge in [-0.25, -0.2) is 4.79 Å². The van der Waals surface area contributed by atoms with Crippen molar-refractivity contribution < 1.29 is 24.9 Å². The van der Waals surface area contributed by atoms with Gasteiger partial charge in [0.1, 0.15) is 3.85 Å². The molecule has 6 nitrogen and oxygen atoms in total. The molecule has 0 fully saturated rings. The third-order valence-electron chi connectivity index (χ3n) is 1.22. The highest BCUT2D eigenvalue weighted by molar-refractivity contribution is 7.36. The molecule has 0 aromatic carbocycles. The van der Waals surface area contributed by atoms with E-state index in [2.05, 4.69) is 0 Å². The summed E-state index contributed by atoms with van der Waals surface area (Å²) in [6, 6.07) is 0. The number of hydrogen-bond acceptors (Lipinski definition) is 6. The number of aliphatic carboxylic acids is 1. The number of aliphatic hydroxyl groups excluding tert-OH is 1. The summed E-state index contributed by atoms with van der Waals surface area (Å²) in [5.41, 5.74) is 4.29. The lowest BCUT2D eigenvalue weighted by Crippen LogP contribution is -2.28. The Hall–Kier alpha value is -1.54. The van der Waals surface area contributed by atoms with Gasteiger partial charge in [-0.1, -0.05) is 0 Å². The second-order valence-electron chi connectivity index (χ2n) is 2.15. The number of primary amides is 1. The molecule has 1 rings (SSSR count). The Morgan fingerprint density at radius 3 is 1.86 bits per heavy atom. The highest BCUT2D eigenvalue weighted by atomic mass is 32.2. The van der Waals surface area contributed by atoms with Crippen LogP contribution in [-0.2, 0) is 9.59 Å². The predicted molar refractivity (Wildman–Crippen MR) is 50.3 cm³/mol. The summed E-state index contributed by atoms with van der Waals surface area (Å²) in [6.45, 7) is 0. The van der Waals surface area contributed by atoms with Crippen LogP contribution in [0.1, 0.15) is 0 Å². The van der Waals surface area contributed by atoms with Gasteiger partial charge in [0.15, 0.2) is 9.42 Å². The van der Waals surface area contributed by atoms with Crippen molar-refractivity contribution in [2.45, 2.75) is 0 Å². The Balaban J connectivity index is 3.36. The fourth-order valence-electron chi connectivity index (χ4n) is 0.663. The van der Waals surface area contributed by atoms with Crippen LogP contribution in [0.25, 0.3) is 11.5 Å². The van der Waals surface area contributed by atoms with Gasteiger partial charge >= 0.3 is 11.9 Å². The minimum atomic E-state index is -1.43. The van der Waals surface area contributed by atoms with Crippen molar-refractivity contribution in [3.05, 3.63) is 7.69 Å². The molecule has 1 aromatic heterocycles. The largest absolute Gasteiger partial charge is 0.479 e. The molecule has 0 saturated heterocycles. The average Bonchev–Trinajstić information content (AvgIpc) is 1.92. The van der Waals surface area contributed by atoms with E-state index in [1.165, 1.54) is 0 Å². The van der Waals surface area contributed by atoms with Gasteiger partial charge in [0.2, 0.25) is 0 Å². The Morgan fingerprint density at radius 2 is 1.57 bits per heavy atom. The number of carboxylic acids is 1. The molecule has 1 heterocycles. The molecule has 1 aromatic rings. The summed E-state index contributed by atoms with van der Waals surface area (Å²) >= 11 is 1.57. The van der Waals surface area contributed by atoms with Gasteiger partial charge < -0.3 is 21.1 Å². The lowest BCUT2D eigenvalue weighted by Gasteiger charge is -1.97. The van der Waals surface area contributed by atoms with Crippen LogP contribution < -0.4 is 13.4 Å². The Kier molecular flexibility index (Phi) is 2.77. The van der Waals surface area contributed by atoms with Crippen LogP contribution in [0.2, 0.25) is 0 Å². The third-order valence-corrected chi connectivity index (χ3v) is 3.73. The first-order chi connectivity index (χ1) is 6.43. The van der Waals surface area contributed by atoms with Crippen molar-refractivity contribution in [1.29, 1.82) is 0 Å². The third kappa shape index (κ3) is 1.86. The maximum atomic E-state index is 10.7. The molecule has 5 N–H and O–H groups in total. The normalized spacial score (nSPS) is 9.71. The zero-order chi connectivity index (χ0) is 10.9. The summed E-state index contributed by atoms with van der Waals surface area (Å²) in [5, 5.41) is 25.7. The van der Waals surface area contributed by atoms with Crippen LogP contribution >= 0.6 is 22.7 Å². The summed E-state index contributed by atoms with van der Waals surface area (Å²) in [6.07, 6.45) is 0. The minimum Gasteiger partial charge on any atom is -0.479 e. The fraction of sp³-hybridized carbons (Fsp3) is 0. The van der Waals surface area contributed by atoms with Crippen LogP contribution in [0.4, 0.5) is 0 Å². The summed E-state index contributed by atoms with van der Waals surface area (Å²) < 4.78 is 0.292. The van der Waals surface area contributed by atoms with Crippen molar-refractivity contribution in [2.75, 3.05) is 0 Å². The van der Waals surface area contributed by atoms with E-state index < -0.39 is 23.4 Å². The number of carbonyl (C=O) groups excluding carboxylic acids is 1. The van der Waals surface area contributed by atoms with Gasteiger partial charge in [0.05, 0.1) is 0 Å². The van der Waals surface area contributed by atoms with E-state index in [4.69, 9.17) is 21.1 Å². The molecule has 0 unspecified atom stereocenters. The molecule has 0 aliphatic carbocycles. The van der Waals surface area contributed by atoms with Gasteiger partial charge in [-0.3, -0.25) is 4.79 Å². The van der Waals surface area contributed by atoms with Crippen molar-refractivity contribution in [1.82, 2.24) is 0 Å². The molecule has 0 aliphatic rings. The smallest absolute Gasteiger partial charge is 0.343 e. The molecular weight excluding hydrogens is 230 g/mol. The van der Waals surface area contributed by atoms with Gasteiger partial charge in [-0.15, -0.1) is 22.7 Å². The van der Waals surface area contributed by atoms with Crippen LogP contribution in [0, 0.1) is 0 Å². The number of amides is 1. The fourth-order valence-corrected chi connectivity index (χ4v) is 2.53. The summed E-state index contributed by atoms with van der Waals surface area (Å²) in [7, 11) is 0. The molecular formula is C6H5NO5S2. The SMILES string of the molecule is NC(=O)C(C(=O)O)=c1sc(=C(O)O)s1. The standard InChI is InChI=1S/C6H5NO5S2/c7-2(8)1(3(9)10)5-13-6(14-5)4(11)12/h11-12H,(H2,7,8)(H,9,10). The van der Waals surface area contributed by atoms with Crippen LogP contribution in [-0.4, -0.2) is 27.2 Å². The monoisotopic (exact) mass is 235 g/mol. The maximum Gasteiger partial charge on any atom is 0.343 e. The van der Waals surface area contributed by atoms with E-state index in [0.29, 0.717) is 0 Å². The van der Waals surface area contributed by atoms with Crippen molar-refractivity contribution >= 4 is 46.1 Å². The number of rotatable bonds is 2. The molecule has 14 heavy (non-hydrogen) atoms. The molecule has 0 bridgehead atoms. The second kappa shape index (κ2) is 3.68. The van der Waals surface area contributed by atoms with Gasteiger partial charge in [-0.2, -0.15) is 0 Å². The maximum absolute atomic E-state index is 10.7. The molecule has 0 aliphatic heterocycles. The van der Waals surface area contributed by atoms with E-state index in [1.807, 2.05) is 0 Å². The van der Waals surface area contributed by atoms with Crippen molar-refractivity contribution in [3.63, 3.8) is 0 Å². The molecule has 0 radical (unpaired) electrons. The topological polar surface area (TPSA) is 121 Å². The highest BCUT2D eigenvalue weighted by Crippen LogP contribution is 1.99. The molecule has 1 amide bonds. The number of aliphatic hydroxyl groups is 2. The van der Waals surface area contributed by atoms with Gasteiger partial charge in [0, 0.05) is 0 Å². The molecule has 0 spiro atoms. The molecule has 0 atom stereocenters. The first-order valence-corrected chi connectivity index (χ1v) is 4.82. The molecule has 0 saturated carbocycles. The lowest BCUT2D eigenvalue weighted by atomic mass is 10.3. The number of carboxylic acid groups (broad SMARTS) is 1. The van der Waals surface area contributed by atoms with Crippen molar-refractivity contribution in [3.8, 4) is 0 Å². The average molecular weight is 235 g/mol. The van der Waals surface area contributed by atoms with E-state index in [9.17, 15) is 9.59 Å². The van der Waals surface area contributed by atoms with E-state index in [0.717, 1.165) is 22.7 Å². The number of carbonyl (C=O) groups is 2. The predicted octanol–water partition coefficient (Wildman–Crippen LogP) is -1.29. The molecule has 8 heteroatoms. The zero-order valence-corrected chi connectivity index (χ0v) is 8.18. The first kappa shape index (κ1) is 10.5. The van der Waals surface area contributed by atoms with Gasteiger partial charge in [-0.05, 0) is 0 Å². The second-order valence-corrected chi connectivity index (χ2v) is 4.71.